The predicted octanol–water partition coefficient (Wildman–Crippen LogP) is 3.54. The summed E-state index contributed by atoms with van der Waals surface area (Å²) in [6.07, 6.45) is 3.83. The lowest BCUT2D eigenvalue weighted by atomic mass is 9.91. The SMILES string of the molecule is CCCNCc1sc(N(C)C2CC2)nc1C(C)(C)C. The molecule has 0 saturated heterocycles. The molecule has 0 unspecified atom stereocenters. The van der Waals surface area contributed by atoms with E-state index in [9.17, 15) is 0 Å². The summed E-state index contributed by atoms with van der Waals surface area (Å²) in [4.78, 5) is 8.70. The Kier molecular flexibility index (Phi) is 4.51. The zero-order chi connectivity index (χ0) is 14.0. The van der Waals surface area contributed by atoms with Gasteiger partial charge in [0.05, 0.1) is 5.69 Å². The molecular weight excluding hydrogens is 254 g/mol. The highest BCUT2D eigenvalue weighted by Crippen LogP contribution is 2.37. The Labute approximate surface area is 121 Å². The predicted molar refractivity (Wildman–Crippen MR) is 84.2 cm³/mol. The molecule has 2 rings (SSSR count). The van der Waals surface area contributed by atoms with E-state index < -0.39 is 0 Å². The van der Waals surface area contributed by atoms with Gasteiger partial charge in [0.1, 0.15) is 0 Å². The molecule has 0 aromatic carbocycles. The van der Waals surface area contributed by atoms with Crippen LogP contribution in [0.5, 0.6) is 0 Å². The fourth-order valence-corrected chi connectivity index (χ4v) is 3.47. The van der Waals surface area contributed by atoms with Gasteiger partial charge in [0, 0.05) is 29.9 Å². The third-order valence-electron chi connectivity index (χ3n) is 3.51. The molecule has 4 heteroatoms. The van der Waals surface area contributed by atoms with Crippen molar-refractivity contribution >= 4 is 16.5 Å². The van der Waals surface area contributed by atoms with Crippen LogP contribution in [0.3, 0.4) is 0 Å². The van der Waals surface area contributed by atoms with E-state index in [-0.39, 0.29) is 5.41 Å². The largest absolute Gasteiger partial charge is 0.348 e. The van der Waals surface area contributed by atoms with Crippen molar-refractivity contribution in [3.63, 3.8) is 0 Å². The third-order valence-corrected chi connectivity index (χ3v) is 4.65. The maximum Gasteiger partial charge on any atom is 0.185 e. The molecule has 1 N–H and O–H groups in total. The number of nitrogens with one attached hydrogen (secondary N) is 1. The van der Waals surface area contributed by atoms with Crippen molar-refractivity contribution in [2.45, 2.75) is 65.0 Å². The highest BCUT2D eigenvalue weighted by Gasteiger charge is 2.30. The Morgan fingerprint density at radius 2 is 2.05 bits per heavy atom. The average Bonchev–Trinajstić information content (AvgIpc) is 3.08. The minimum atomic E-state index is 0.127. The molecule has 1 saturated carbocycles. The van der Waals surface area contributed by atoms with E-state index in [0.717, 1.165) is 19.1 Å². The van der Waals surface area contributed by atoms with Crippen LogP contribution >= 0.6 is 11.3 Å². The Morgan fingerprint density at radius 3 is 2.58 bits per heavy atom. The monoisotopic (exact) mass is 281 g/mol. The first kappa shape index (κ1) is 14.8. The van der Waals surface area contributed by atoms with Crippen LogP contribution in [0.1, 0.15) is 57.5 Å². The fraction of sp³-hybridized carbons (Fsp3) is 0.800. The van der Waals surface area contributed by atoms with Gasteiger partial charge >= 0.3 is 0 Å². The van der Waals surface area contributed by atoms with Crippen molar-refractivity contribution in [1.82, 2.24) is 10.3 Å². The smallest absolute Gasteiger partial charge is 0.185 e. The summed E-state index contributed by atoms with van der Waals surface area (Å²) in [5, 5.41) is 4.71. The minimum absolute atomic E-state index is 0.127. The van der Waals surface area contributed by atoms with E-state index >= 15 is 0 Å². The van der Waals surface area contributed by atoms with E-state index in [1.807, 2.05) is 11.3 Å². The molecule has 3 nitrogen and oxygen atoms in total. The molecule has 0 aliphatic heterocycles. The standard InChI is InChI=1S/C15H27N3S/c1-6-9-16-10-12-13(15(2,3)4)17-14(19-12)18(5)11-7-8-11/h11,16H,6-10H2,1-5H3. The van der Waals surface area contributed by atoms with Crippen LogP contribution in [0.15, 0.2) is 0 Å². The highest BCUT2D eigenvalue weighted by molar-refractivity contribution is 7.15. The maximum absolute atomic E-state index is 4.93. The van der Waals surface area contributed by atoms with Crippen molar-refractivity contribution < 1.29 is 0 Å². The topological polar surface area (TPSA) is 28.2 Å². The zero-order valence-corrected chi connectivity index (χ0v) is 13.7. The van der Waals surface area contributed by atoms with Crippen molar-refractivity contribution in [1.29, 1.82) is 0 Å². The summed E-state index contributed by atoms with van der Waals surface area (Å²) in [6, 6.07) is 0.732. The summed E-state index contributed by atoms with van der Waals surface area (Å²) >= 11 is 1.87. The molecule has 1 fully saturated rings. The molecule has 0 bridgehead atoms. The van der Waals surface area contributed by atoms with Crippen molar-refractivity contribution in [2.75, 3.05) is 18.5 Å². The molecule has 1 aromatic heterocycles. The lowest BCUT2D eigenvalue weighted by Gasteiger charge is -2.18. The van der Waals surface area contributed by atoms with Gasteiger partial charge in [-0.05, 0) is 25.8 Å². The number of rotatable bonds is 6. The number of aromatic nitrogens is 1. The van der Waals surface area contributed by atoms with Gasteiger partial charge in [0.15, 0.2) is 5.13 Å². The van der Waals surface area contributed by atoms with Crippen LogP contribution in [0.2, 0.25) is 0 Å². The molecule has 1 aliphatic rings. The summed E-state index contributed by atoms with van der Waals surface area (Å²) in [6.45, 7) is 11.0. The normalized spacial score (nSPS) is 15.8. The Hall–Kier alpha value is -0.610. The van der Waals surface area contributed by atoms with E-state index in [1.165, 1.54) is 35.0 Å². The Morgan fingerprint density at radius 1 is 1.37 bits per heavy atom. The molecule has 108 valence electrons. The van der Waals surface area contributed by atoms with E-state index in [2.05, 4.69) is 45.0 Å². The Bertz CT molecular complexity index is 416. The Balaban J connectivity index is 2.17. The highest BCUT2D eigenvalue weighted by atomic mass is 32.1. The minimum Gasteiger partial charge on any atom is -0.348 e. The number of hydrogen-bond acceptors (Lipinski definition) is 4. The second kappa shape index (κ2) is 5.80. The van der Waals surface area contributed by atoms with Crippen LogP contribution in [-0.4, -0.2) is 24.6 Å². The summed E-state index contributed by atoms with van der Waals surface area (Å²) < 4.78 is 0. The number of hydrogen-bond donors (Lipinski definition) is 1. The summed E-state index contributed by atoms with van der Waals surface area (Å²) in [5.41, 5.74) is 1.39. The lowest BCUT2D eigenvalue weighted by molar-refractivity contribution is 0.558. The first-order valence-corrected chi connectivity index (χ1v) is 8.19. The molecule has 1 aromatic rings. The molecule has 0 atom stereocenters. The van der Waals surface area contributed by atoms with Gasteiger partial charge in [-0.25, -0.2) is 4.98 Å². The van der Waals surface area contributed by atoms with Gasteiger partial charge in [-0.1, -0.05) is 27.7 Å². The second-order valence-electron chi connectivity index (χ2n) is 6.54. The quantitative estimate of drug-likeness (QED) is 0.808. The molecule has 0 amide bonds. The van der Waals surface area contributed by atoms with Crippen molar-refractivity contribution in [2.24, 2.45) is 0 Å². The van der Waals surface area contributed by atoms with Gasteiger partial charge in [0.25, 0.3) is 0 Å². The zero-order valence-electron chi connectivity index (χ0n) is 12.9. The van der Waals surface area contributed by atoms with Crippen molar-refractivity contribution in [3.8, 4) is 0 Å². The molecular formula is C15H27N3S. The lowest BCUT2D eigenvalue weighted by Crippen LogP contribution is -2.20. The number of anilines is 1. The third kappa shape index (κ3) is 3.69. The molecule has 19 heavy (non-hydrogen) atoms. The molecule has 1 aliphatic carbocycles. The van der Waals surface area contributed by atoms with E-state index in [0.29, 0.717) is 0 Å². The van der Waals surface area contributed by atoms with Gasteiger partial charge in [-0.15, -0.1) is 11.3 Å². The molecule has 1 heterocycles. The number of thiazole rings is 1. The maximum atomic E-state index is 4.93. The van der Waals surface area contributed by atoms with Gasteiger partial charge in [-0.2, -0.15) is 0 Å². The van der Waals surface area contributed by atoms with Gasteiger partial charge in [0.2, 0.25) is 0 Å². The van der Waals surface area contributed by atoms with E-state index in [4.69, 9.17) is 4.98 Å². The summed E-state index contributed by atoms with van der Waals surface area (Å²) in [5.74, 6) is 0. The van der Waals surface area contributed by atoms with Gasteiger partial charge < -0.3 is 10.2 Å². The van der Waals surface area contributed by atoms with Crippen molar-refractivity contribution in [3.05, 3.63) is 10.6 Å². The summed E-state index contributed by atoms with van der Waals surface area (Å²) in [7, 11) is 2.19. The van der Waals surface area contributed by atoms with Crippen LogP contribution in [0.25, 0.3) is 0 Å². The van der Waals surface area contributed by atoms with E-state index in [1.54, 1.807) is 0 Å². The van der Waals surface area contributed by atoms with Crippen LogP contribution in [0.4, 0.5) is 5.13 Å². The van der Waals surface area contributed by atoms with Crippen LogP contribution < -0.4 is 10.2 Å². The van der Waals surface area contributed by atoms with Crippen LogP contribution in [0, 0.1) is 0 Å². The molecule has 0 spiro atoms. The van der Waals surface area contributed by atoms with Crippen LogP contribution in [-0.2, 0) is 12.0 Å². The molecule has 0 radical (unpaired) electrons. The first-order chi connectivity index (χ1) is 8.93. The number of nitrogens with zero attached hydrogens (tertiary/aromatic N) is 2. The first-order valence-electron chi connectivity index (χ1n) is 7.37. The van der Waals surface area contributed by atoms with Gasteiger partial charge in [-0.3, -0.25) is 0 Å². The second-order valence-corrected chi connectivity index (χ2v) is 7.60. The average molecular weight is 281 g/mol. The fourth-order valence-electron chi connectivity index (χ4n) is 2.19.